The third-order valence-corrected chi connectivity index (χ3v) is 3.45. The van der Waals surface area contributed by atoms with Crippen molar-refractivity contribution in [2.45, 2.75) is 25.8 Å². The third kappa shape index (κ3) is 3.38. The number of benzene rings is 1. The molecule has 5 nitrogen and oxygen atoms in total. The molecule has 0 bridgehead atoms. The first-order valence-corrected chi connectivity index (χ1v) is 6.68. The molecule has 5 heteroatoms. The van der Waals surface area contributed by atoms with Gasteiger partial charge in [-0.05, 0) is 45.0 Å². The lowest BCUT2D eigenvalue weighted by Crippen LogP contribution is -2.33. The Bertz CT molecular complexity index is 456. The summed E-state index contributed by atoms with van der Waals surface area (Å²) in [5.74, 6) is -0.955. The minimum Gasteiger partial charge on any atom is -0.478 e. The Morgan fingerprint density at radius 2 is 2.16 bits per heavy atom. The quantitative estimate of drug-likeness (QED) is 0.707. The van der Waals surface area contributed by atoms with Crippen LogP contribution >= 0.6 is 0 Å². The van der Waals surface area contributed by atoms with Crippen molar-refractivity contribution < 1.29 is 9.90 Å². The van der Waals surface area contributed by atoms with Crippen LogP contribution in [0.4, 0.5) is 11.4 Å². The maximum absolute atomic E-state index is 11.2. The molecule has 0 aliphatic carbocycles. The molecule has 1 aromatic carbocycles. The molecular formula is C14H21N3O2. The normalized spacial score (nSPS) is 17.3. The summed E-state index contributed by atoms with van der Waals surface area (Å²) in [4.78, 5) is 13.6. The second kappa shape index (κ2) is 5.93. The van der Waals surface area contributed by atoms with Crippen LogP contribution in [0.1, 0.15) is 30.1 Å². The van der Waals surface area contributed by atoms with Gasteiger partial charge in [-0.2, -0.15) is 0 Å². The van der Waals surface area contributed by atoms with Gasteiger partial charge in [-0.25, -0.2) is 4.79 Å². The predicted molar refractivity (Wildman–Crippen MR) is 76.6 cm³/mol. The number of para-hydroxylation sites is 1. The van der Waals surface area contributed by atoms with E-state index in [4.69, 9.17) is 5.73 Å². The summed E-state index contributed by atoms with van der Waals surface area (Å²) in [6.07, 6.45) is 2.50. The third-order valence-electron chi connectivity index (χ3n) is 3.45. The van der Waals surface area contributed by atoms with Crippen molar-refractivity contribution in [3.8, 4) is 0 Å². The van der Waals surface area contributed by atoms with E-state index in [2.05, 4.69) is 17.1 Å². The number of hydrogen-bond acceptors (Lipinski definition) is 4. The molecule has 104 valence electrons. The highest BCUT2D eigenvalue weighted by Crippen LogP contribution is 2.24. The van der Waals surface area contributed by atoms with Crippen molar-refractivity contribution in [2.75, 3.05) is 30.7 Å². The van der Waals surface area contributed by atoms with E-state index in [1.807, 2.05) is 0 Å². The van der Waals surface area contributed by atoms with Gasteiger partial charge in [-0.3, -0.25) is 0 Å². The summed E-state index contributed by atoms with van der Waals surface area (Å²) < 4.78 is 0. The molecule has 1 atom stereocenters. The number of carbonyl (C=O) groups is 1. The topological polar surface area (TPSA) is 78.6 Å². The molecule has 1 aliphatic rings. The fourth-order valence-corrected chi connectivity index (χ4v) is 2.55. The average molecular weight is 263 g/mol. The van der Waals surface area contributed by atoms with Gasteiger partial charge >= 0.3 is 5.97 Å². The predicted octanol–water partition coefficient (Wildman–Crippen LogP) is 1.86. The van der Waals surface area contributed by atoms with E-state index in [9.17, 15) is 9.90 Å². The zero-order valence-electron chi connectivity index (χ0n) is 11.2. The molecule has 19 heavy (non-hydrogen) atoms. The summed E-state index contributed by atoms with van der Waals surface area (Å²) in [5.41, 5.74) is 7.12. The standard InChI is InChI=1S/C14H21N3O2/c1-10(9-17-7-2-3-8-17)16-13-11(14(18)19)5-4-6-12(13)15/h4-6,10,16H,2-3,7-9,15H2,1H3,(H,18,19). The number of nitrogens with two attached hydrogens (primary N) is 1. The minimum absolute atomic E-state index is 0.167. The van der Waals surface area contributed by atoms with Crippen molar-refractivity contribution >= 4 is 17.3 Å². The summed E-state index contributed by atoms with van der Waals surface area (Å²) in [5, 5.41) is 12.4. The molecule has 4 N–H and O–H groups in total. The van der Waals surface area contributed by atoms with E-state index >= 15 is 0 Å². The number of anilines is 2. The zero-order valence-corrected chi connectivity index (χ0v) is 11.2. The van der Waals surface area contributed by atoms with Crippen LogP contribution < -0.4 is 11.1 Å². The minimum atomic E-state index is -0.955. The largest absolute Gasteiger partial charge is 0.478 e. The van der Waals surface area contributed by atoms with E-state index in [0.717, 1.165) is 19.6 Å². The van der Waals surface area contributed by atoms with Gasteiger partial charge in [0.15, 0.2) is 0 Å². The van der Waals surface area contributed by atoms with E-state index in [1.54, 1.807) is 18.2 Å². The lowest BCUT2D eigenvalue weighted by Gasteiger charge is -2.23. The zero-order chi connectivity index (χ0) is 13.8. The number of nitrogen functional groups attached to an aromatic ring is 1. The Morgan fingerprint density at radius 3 is 2.79 bits per heavy atom. The van der Waals surface area contributed by atoms with Crippen molar-refractivity contribution in [2.24, 2.45) is 0 Å². The van der Waals surface area contributed by atoms with Gasteiger partial charge in [0, 0.05) is 12.6 Å². The molecule has 1 heterocycles. The molecule has 0 saturated carbocycles. The average Bonchev–Trinajstić information content (AvgIpc) is 2.84. The van der Waals surface area contributed by atoms with Gasteiger partial charge in [-0.15, -0.1) is 0 Å². The number of aromatic carboxylic acids is 1. The molecule has 1 unspecified atom stereocenters. The Labute approximate surface area is 113 Å². The van der Waals surface area contributed by atoms with Crippen molar-refractivity contribution in [3.63, 3.8) is 0 Å². The molecular weight excluding hydrogens is 242 g/mol. The lowest BCUT2D eigenvalue weighted by molar-refractivity contribution is 0.0698. The summed E-state index contributed by atoms with van der Waals surface area (Å²) in [6, 6.07) is 5.12. The Morgan fingerprint density at radius 1 is 1.47 bits per heavy atom. The van der Waals surface area contributed by atoms with Crippen LogP contribution in [0.2, 0.25) is 0 Å². The monoisotopic (exact) mass is 263 g/mol. The van der Waals surface area contributed by atoms with E-state index in [-0.39, 0.29) is 11.6 Å². The summed E-state index contributed by atoms with van der Waals surface area (Å²) >= 11 is 0. The Balaban J connectivity index is 2.06. The number of rotatable bonds is 5. The highest BCUT2D eigenvalue weighted by Gasteiger charge is 2.18. The van der Waals surface area contributed by atoms with Gasteiger partial charge in [0.1, 0.15) is 0 Å². The smallest absolute Gasteiger partial charge is 0.337 e. The Kier molecular flexibility index (Phi) is 4.27. The second-order valence-electron chi connectivity index (χ2n) is 5.13. The van der Waals surface area contributed by atoms with Gasteiger partial charge in [0.05, 0.1) is 16.9 Å². The van der Waals surface area contributed by atoms with Crippen LogP contribution in [0.15, 0.2) is 18.2 Å². The number of carboxylic acids is 1. The van der Waals surface area contributed by atoms with Gasteiger partial charge in [0.25, 0.3) is 0 Å². The van der Waals surface area contributed by atoms with Gasteiger partial charge in [-0.1, -0.05) is 6.07 Å². The van der Waals surface area contributed by atoms with Crippen LogP contribution in [0.5, 0.6) is 0 Å². The summed E-state index contributed by atoms with van der Waals surface area (Å²) in [6.45, 7) is 5.22. The molecule has 1 fully saturated rings. The van der Waals surface area contributed by atoms with E-state index in [1.165, 1.54) is 12.8 Å². The van der Waals surface area contributed by atoms with Crippen LogP contribution in [0.25, 0.3) is 0 Å². The number of nitrogens with zero attached hydrogens (tertiary/aromatic N) is 1. The SMILES string of the molecule is CC(CN1CCCC1)Nc1c(N)cccc1C(=O)O. The fraction of sp³-hybridized carbons (Fsp3) is 0.500. The molecule has 2 rings (SSSR count). The molecule has 0 spiro atoms. The van der Waals surface area contributed by atoms with Gasteiger partial charge < -0.3 is 21.1 Å². The van der Waals surface area contributed by atoms with Crippen LogP contribution in [-0.2, 0) is 0 Å². The second-order valence-corrected chi connectivity index (χ2v) is 5.13. The molecule has 0 aromatic heterocycles. The maximum atomic E-state index is 11.2. The molecule has 0 amide bonds. The Hall–Kier alpha value is -1.75. The lowest BCUT2D eigenvalue weighted by atomic mass is 10.1. The summed E-state index contributed by atoms with van der Waals surface area (Å²) in [7, 11) is 0. The molecule has 1 saturated heterocycles. The number of nitrogens with one attached hydrogen (secondary N) is 1. The number of carboxylic acid groups (broad SMARTS) is 1. The van der Waals surface area contributed by atoms with Crippen molar-refractivity contribution in [1.82, 2.24) is 4.90 Å². The number of likely N-dealkylation sites (tertiary alicyclic amines) is 1. The molecule has 1 aromatic rings. The van der Waals surface area contributed by atoms with Crippen LogP contribution in [-0.4, -0.2) is 41.7 Å². The highest BCUT2D eigenvalue weighted by molar-refractivity contribution is 5.97. The molecule has 1 aliphatic heterocycles. The van der Waals surface area contributed by atoms with Gasteiger partial charge in [0.2, 0.25) is 0 Å². The molecule has 0 radical (unpaired) electrons. The van der Waals surface area contributed by atoms with Crippen LogP contribution in [0, 0.1) is 0 Å². The first kappa shape index (κ1) is 13.7. The van der Waals surface area contributed by atoms with Crippen molar-refractivity contribution in [3.05, 3.63) is 23.8 Å². The fourth-order valence-electron chi connectivity index (χ4n) is 2.55. The first-order valence-electron chi connectivity index (χ1n) is 6.68. The number of hydrogen-bond donors (Lipinski definition) is 3. The van der Waals surface area contributed by atoms with Crippen molar-refractivity contribution in [1.29, 1.82) is 0 Å². The van der Waals surface area contributed by atoms with Crippen LogP contribution in [0.3, 0.4) is 0 Å². The first-order chi connectivity index (χ1) is 9.08. The van der Waals surface area contributed by atoms with E-state index < -0.39 is 5.97 Å². The van der Waals surface area contributed by atoms with E-state index in [0.29, 0.717) is 11.4 Å². The maximum Gasteiger partial charge on any atom is 0.337 e. The highest BCUT2D eigenvalue weighted by atomic mass is 16.4.